The fraction of sp³-hybridized carbons (Fsp3) is 0.333. The Labute approximate surface area is 250 Å². The summed E-state index contributed by atoms with van der Waals surface area (Å²) in [7, 11) is 5.50. The molecule has 2 aliphatic rings. The van der Waals surface area contributed by atoms with Crippen LogP contribution in [0.2, 0.25) is 5.02 Å². The first-order valence-electron chi connectivity index (χ1n) is 13.6. The molecule has 0 unspecified atom stereocenters. The maximum absolute atomic E-state index is 12.9. The van der Waals surface area contributed by atoms with E-state index in [1.807, 2.05) is 43.3 Å². The largest absolute Gasteiger partial charge is 0.494 e. The number of aromatic nitrogens is 2. The highest BCUT2D eigenvalue weighted by Gasteiger charge is 2.43. The fourth-order valence-corrected chi connectivity index (χ4v) is 4.85. The molecule has 0 bridgehead atoms. The zero-order chi connectivity index (χ0) is 29.7. The monoisotopic (exact) mass is 588 g/mol. The molecule has 0 spiro atoms. The summed E-state index contributed by atoms with van der Waals surface area (Å²) >= 11 is 6.36. The summed E-state index contributed by atoms with van der Waals surface area (Å²) < 4.78 is 11.6. The number of nitrogens with zero attached hydrogens (tertiary/aromatic N) is 5. The van der Waals surface area contributed by atoms with Gasteiger partial charge in [-0.2, -0.15) is 10.2 Å². The number of piperazine rings is 1. The summed E-state index contributed by atoms with van der Waals surface area (Å²) in [5, 5.41) is 19.1. The Bertz CT molecular complexity index is 1530. The van der Waals surface area contributed by atoms with E-state index >= 15 is 0 Å². The van der Waals surface area contributed by atoms with Gasteiger partial charge in [-0.25, -0.2) is 4.98 Å². The van der Waals surface area contributed by atoms with Gasteiger partial charge in [0.25, 0.3) is 5.91 Å². The van der Waals surface area contributed by atoms with Gasteiger partial charge in [-0.1, -0.05) is 17.7 Å². The van der Waals surface area contributed by atoms with Gasteiger partial charge >= 0.3 is 0 Å². The number of hydrogen-bond donors (Lipinski definition) is 3. The van der Waals surface area contributed by atoms with E-state index in [-0.39, 0.29) is 28.0 Å². The lowest BCUT2D eigenvalue weighted by Crippen LogP contribution is -2.43. The molecule has 0 radical (unpaired) electrons. The molecule has 11 nitrogen and oxygen atoms in total. The first-order valence-corrected chi connectivity index (χ1v) is 14.0. The van der Waals surface area contributed by atoms with E-state index in [1.54, 1.807) is 37.5 Å². The van der Waals surface area contributed by atoms with Crippen molar-refractivity contribution in [2.24, 2.45) is 0 Å². The summed E-state index contributed by atoms with van der Waals surface area (Å²) in [6.45, 7) is 3.73. The van der Waals surface area contributed by atoms with E-state index in [2.05, 4.69) is 30.8 Å². The average Bonchev–Trinajstić information content (AvgIpc) is 3.79. The fourth-order valence-electron chi connectivity index (χ4n) is 4.72. The SMILES string of the molecule is COc1cc(N2CCNCC2)ccc1Nc1ncc(Cl)c(Oc2cccc(NC(=O)C(C#N)=CC3(N(C)C)CC3)c2)n1. The highest BCUT2D eigenvalue weighted by atomic mass is 35.5. The number of nitrogens with one attached hydrogen (secondary N) is 3. The van der Waals surface area contributed by atoms with Gasteiger partial charge in [-0.3, -0.25) is 4.79 Å². The zero-order valence-electron chi connectivity index (χ0n) is 23.8. The maximum Gasteiger partial charge on any atom is 0.266 e. The summed E-state index contributed by atoms with van der Waals surface area (Å²) in [6.07, 6.45) is 5.01. The third-order valence-corrected chi connectivity index (χ3v) is 7.62. The molecule has 0 atom stereocenters. The van der Waals surface area contributed by atoms with Crippen LogP contribution in [0, 0.1) is 11.3 Å². The summed E-state index contributed by atoms with van der Waals surface area (Å²) in [5.74, 6) is 0.969. The number of nitriles is 1. The standard InChI is InChI=1S/C30H33ClN8O3/c1-38(2)30(9-10-30)17-20(18-32)27(40)35-21-5-4-6-23(15-21)42-28-24(31)19-34-29(37-28)36-25-8-7-22(16-26(25)41-3)39-13-11-33-12-14-39/h4-8,15-17,19,33H,9-14H2,1-3H3,(H,35,40)(H,34,36,37). The smallest absolute Gasteiger partial charge is 0.266 e. The Hall–Kier alpha value is -4.37. The molecular formula is C30H33ClN8O3. The molecule has 218 valence electrons. The van der Waals surface area contributed by atoms with Crippen molar-refractivity contribution in [1.29, 1.82) is 5.26 Å². The van der Waals surface area contributed by atoms with Crippen LogP contribution in [0.1, 0.15) is 12.8 Å². The van der Waals surface area contributed by atoms with Gasteiger partial charge in [0, 0.05) is 55.2 Å². The van der Waals surface area contributed by atoms with Crippen molar-refractivity contribution < 1.29 is 14.3 Å². The van der Waals surface area contributed by atoms with Crippen LogP contribution in [0.5, 0.6) is 17.4 Å². The van der Waals surface area contributed by atoms with Crippen molar-refractivity contribution >= 4 is 40.5 Å². The highest BCUT2D eigenvalue weighted by Crippen LogP contribution is 2.42. The predicted molar refractivity (Wildman–Crippen MR) is 163 cm³/mol. The normalized spacial score (nSPS) is 16.0. The molecule has 1 saturated carbocycles. The number of halogens is 1. The van der Waals surface area contributed by atoms with Crippen LogP contribution in [0.3, 0.4) is 0 Å². The van der Waals surface area contributed by atoms with Crippen LogP contribution in [-0.4, -0.2) is 73.7 Å². The number of hydrogen-bond acceptors (Lipinski definition) is 10. The molecule has 1 amide bonds. The van der Waals surface area contributed by atoms with Crippen molar-refractivity contribution in [2.75, 3.05) is 62.9 Å². The minimum Gasteiger partial charge on any atom is -0.494 e. The van der Waals surface area contributed by atoms with Gasteiger partial charge < -0.3 is 35.2 Å². The lowest BCUT2D eigenvalue weighted by atomic mass is 10.1. The Balaban J connectivity index is 1.29. The molecular weight excluding hydrogens is 556 g/mol. The van der Waals surface area contributed by atoms with E-state index in [1.165, 1.54) is 6.20 Å². The van der Waals surface area contributed by atoms with Crippen LogP contribution >= 0.6 is 11.6 Å². The second-order valence-corrected chi connectivity index (χ2v) is 10.8. The summed E-state index contributed by atoms with van der Waals surface area (Å²) in [6, 6.07) is 14.7. The third kappa shape index (κ3) is 6.74. The molecule has 1 aliphatic carbocycles. The van der Waals surface area contributed by atoms with Crippen molar-refractivity contribution in [3.8, 4) is 23.4 Å². The number of benzene rings is 2. The molecule has 2 fully saturated rings. The first kappa shape index (κ1) is 29.1. The van der Waals surface area contributed by atoms with Crippen molar-refractivity contribution in [3.05, 3.63) is 65.3 Å². The van der Waals surface area contributed by atoms with Crippen LogP contribution < -0.4 is 30.3 Å². The number of anilines is 4. The van der Waals surface area contributed by atoms with Crippen molar-refractivity contribution in [2.45, 2.75) is 18.4 Å². The van der Waals surface area contributed by atoms with E-state index in [9.17, 15) is 10.1 Å². The van der Waals surface area contributed by atoms with Gasteiger partial charge in [0.05, 0.1) is 19.0 Å². The van der Waals surface area contributed by atoms with Crippen LogP contribution in [0.25, 0.3) is 0 Å². The average molecular weight is 589 g/mol. The van der Waals surface area contributed by atoms with Crippen molar-refractivity contribution in [1.82, 2.24) is 20.2 Å². The second-order valence-electron chi connectivity index (χ2n) is 10.3. The molecule has 1 saturated heterocycles. The predicted octanol–water partition coefficient (Wildman–Crippen LogP) is 4.57. The molecule has 1 aromatic heterocycles. The van der Waals surface area contributed by atoms with Crippen molar-refractivity contribution in [3.63, 3.8) is 0 Å². The molecule has 2 heterocycles. The Morgan fingerprint density at radius 3 is 2.69 bits per heavy atom. The van der Waals surface area contributed by atoms with E-state index < -0.39 is 5.91 Å². The Morgan fingerprint density at radius 1 is 1.21 bits per heavy atom. The molecule has 3 aromatic rings. The summed E-state index contributed by atoms with van der Waals surface area (Å²) in [5.41, 5.74) is 2.07. The van der Waals surface area contributed by atoms with Gasteiger partial charge in [-0.15, -0.1) is 0 Å². The second kappa shape index (κ2) is 12.7. The lowest BCUT2D eigenvalue weighted by molar-refractivity contribution is -0.112. The van der Waals surface area contributed by atoms with E-state index in [0.29, 0.717) is 22.9 Å². The number of rotatable bonds is 10. The number of ether oxygens (including phenoxy) is 2. The van der Waals surface area contributed by atoms with Crippen LogP contribution in [-0.2, 0) is 4.79 Å². The van der Waals surface area contributed by atoms with E-state index in [4.69, 9.17) is 21.1 Å². The molecule has 12 heteroatoms. The number of amides is 1. The van der Waals surface area contributed by atoms with Gasteiger partial charge in [0.15, 0.2) is 0 Å². The molecule has 2 aromatic carbocycles. The number of carbonyl (C=O) groups is 1. The minimum absolute atomic E-state index is 0.0680. The summed E-state index contributed by atoms with van der Waals surface area (Å²) in [4.78, 5) is 25.9. The Morgan fingerprint density at radius 2 is 2.00 bits per heavy atom. The number of methoxy groups -OCH3 is 1. The quantitative estimate of drug-likeness (QED) is 0.229. The molecule has 3 N–H and O–H groups in total. The van der Waals surface area contributed by atoms with Crippen LogP contribution in [0.4, 0.5) is 23.0 Å². The van der Waals surface area contributed by atoms with Crippen LogP contribution in [0.15, 0.2) is 60.3 Å². The molecule has 1 aliphatic heterocycles. The lowest BCUT2D eigenvalue weighted by Gasteiger charge is -2.30. The zero-order valence-corrected chi connectivity index (χ0v) is 24.5. The third-order valence-electron chi connectivity index (χ3n) is 7.36. The highest BCUT2D eigenvalue weighted by molar-refractivity contribution is 6.31. The Kier molecular flexibility index (Phi) is 8.77. The number of likely N-dealkylation sites (N-methyl/N-ethyl adjacent to an activating group) is 1. The van der Waals surface area contributed by atoms with Gasteiger partial charge in [0.1, 0.15) is 28.2 Å². The maximum atomic E-state index is 12.9. The van der Waals surface area contributed by atoms with Gasteiger partial charge in [-0.05, 0) is 57.3 Å². The minimum atomic E-state index is -0.480. The van der Waals surface area contributed by atoms with E-state index in [0.717, 1.165) is 44.7 Å². The topological polar surface area (TPSA) is 128 Å². The molecule has 5 rings (SSSR count). The molecule has 42 heavy (non-hydrogen) atoms. The first-order chi connectivity index (χ1) is 20.3. The van der Waals surface area contributed by atoms with Gasteiger partial charge in [0.2, 0.25) is 11.8 Å². The number of carbonyl (C=O) groups excluding carboxylic acids is 1.